The van der Waals surface area contributed by atoms with E-state index in [9.17, 15) is 27.6 Å². The molecule has 2 aromatic carbocycles. The molecule has 9 nitrogen and oxygen atoms in total. The lowest BCUT2D eigenvalue weighted by Gasteiger charge is -2.16. The molecule has 0 bridgehead atoms. The highest BCUT2D eigenvalue weighted by atomic mass is 32.2. The van der Waals surface area contributed by atoms with Crippen molar-refractivity contribution in [3.63, 3.8) is 0 Å². The summed E-state index contributed by atoms with van der Waals surface area (Å²) in [6.07, 6.45) is 0.992. The zero-order valence-electron chi connectivity index (χ0n) is 15.4. The maximum absolute atomic E-state index is 12.5. The van der Waals surface area contributed by atoms with E-state index in [2.05, 4.69) is 5.32 Å². The number of para-hydroxylation sites is 1. The molecule has 0 aliphatic carbocycles. The van der Waals surface area contributed by atoms with Gasteiger partial charge in [0, 0.05) is 6.26 Å². The van der Waals surface area contributed by atoms with Crippen molar-refractivity contribution in [3.05, 3.63) is 60.2 Å². The molecule has 0 aromatic heterocycles. The van der Waals surface area contributed by atoms with E-state index in [-0.39, 0.29) is 17.1 Å². The van der Waals surface area contributed by atoms with Crippen LogP contribution in [0, 0.1) is 0 Å². The van der Waals surface area contributed by atoms with Crippen LogP contribution in [0.15, 0.2) is 59.5 Å². The van der Waals surface area contributed by atoms with Gasteiger partial charge in [-0.25, -0.2) is 18.1 Å². The first-order chi connectivity index (χ1) is 13.7. The van der Waals surface area contributed by atoms with Gasteiger partial charge in [0.2, 0.25) is 5.91 Å². The largest absolute Gasteiger partial charge is 0.335 e. The lowest BCUT2D eigenvalue weighted by atomic mass is 10.2. The Hall–Kier alpha value is -3.53. The van der Waals surface area contributed by atoms with Crippen molar-refractivity contribution in [2.24, 2.45) is 0 Å². The van der Waals surface area contributed by atoms with Crippen molar-refractivity contribution >= 4 is 39.3 Å². The van der Waals surface area contributed by atoms with E-state index in [0.29, 0.717) is 10.5 Å². The second-order valence-corrected chi connectivity index (χ2v) is 8.35. The molecule has 2 aromatic rings. The number of sulfone groups is 1. The molecule has 10 heteroatoms. The molecule has 150 valence electrons. The zero-order chi connectivity index (χ0) is 21.2. The van der Waals surface area contributed by atoms with E-state index in [1.807, 2.05) is 0 Å². The number of carbonyl (C=O) groups is 4. The predicted molar refractivity (Wildman–Crippen MR) is 102 cm³/mol. The molecule has 5 amide bonds. The molecule has 29 heavy (non-hydrogen) atoms. The monoisotopic (exact) mass is 415 g/mol. The van der Waals surface area contributed by atoms with Crippen LogP contribution in [0.4, 0.5) is 10.5 Å². The Kier molecular flexibility index (Phi) is 5.46. The van der Waals surface area contributed by atoms with E-state index in [1.165, 1.54) is 24.3 Å². The minimum Gasteiger partial charge on any atom is -0.323 e. The van der Waals surface area contributed by atoms with Crippen molar-refractivity contribution < 1.29 is 27.6 Å². The van der Waals surface area contributed by atoms with Crippen LogP contribution in [0.5, 0.6) is 0 Å². The highest BCUT2D eigenvalue weighted by molar-refractivity contribution is 7.90. The molecule has 1 aliphatic rings. The number of hydrogen-bond acceptors (Lipinski definition) is 6. The van der Waals surface area contributed by atoms with Crippen molar-refractivity contribution in [2.75, 3.05) is 18.1 Å². The number of amides is 5. The molecule has 0 spiro atoms. The van der Waals surface area contributed by atoms with Gasteiger partial charge in [-0.1, -0.05) is 42.5 Å². The number of benzene rings is 2. The highest BCUT2D eigenvalue weighted by Crippen LogP contribution is 2.21. The molecule has 0 saturated carbocycles. The van der Waals surface area contributed by atoms with Crippen molar-refractivity contribution in [3.8, 4) is 0 Å². The SMILES string of the molecule is CS(=O)(=O)c1ccccc1NC(=O)CN1C(=O)C(=O)N(Cc2ccccc2)C1=O. The third kappa shape index (κ3) is 4.32. The summed E-state index contributed by atoms with van der Waals surface area (Å²) in [5.41, 5.74) is 0.668. The van der Waals surface area contributed by atoms with Crippen LogP contribution in [-0.2, 0) is 30.8 Å². The molecule has 1 heterocycles. The summed E-state index contributed by atoms with van der Waals surface area (Å²) in [6, 6.07) is 13.4. The van der Waals surface area contributed by atoms with Gasteiger partial charge in [-0.3, -0.25) is 19.3 Å². The molecule has 1 N–H and O–H groups in total. The van der Waals surface area contributed by atoms with Gasteiger partial charge < -0.3 is 5.32 Å². The number of hydrogen-bond donors (Lipinski definition) is 1. The summed E-state index contributed by atoms with van der Waals surface area (Å²) < 4.78 is 23.6. The van der Waals surface area contributed by atoms with E-state index >= 15 is 0 Å². The third-order valence-corrected chi connectivity index (χ3v) is 5.34. The summed E-state index contributed by atoms with van der Waals surface area (Å²) in [7, 11) is -3.60. The fourth-order valence-corrected chi connectivity index (χ4v) is 3.67. The fourth-order valence-electron chi connectivity index (χ4n) is 2.82. The zero-order valence-corrected chi connectivity index (χ0v) is 16.2. The Bertz CT molecular complexity index is 1100. The minimum absolute atomic E-state index is 0.0200. The van der Waals surface area contributed by atoms with Crippen LogP contribution < -0.4 is 5.32 Å². The van der Waals surface area contributed by atoms with E-state index < -0.39 is 40.1 Å². The number of nitrogens with zero attached hydrogens (tertiary/aromatic N) is 2. The first kappa shape index (κ1) is 20.2. The maximum Gasteiger partial charge on any atom is 0.335 e. The maximum atomic E-state index is 12.5. The van der Waals surface area contributed by atoms with E-state index in [4.69, 9.17) is 0 Å². The molecule has 1 saturated heterocycles. The van der Waals surface area contributed by atoms with Crippen LogP contribution in [-0.4, -0.2) is 54.8 Å². The summed E-state index contributed by atoms with van der Waals surface area (Å²) in [5, 5.41) is 2.37. The molecule has 1 aliphatic heterocycles. The second kappa shape index (κ2) is 7.84. The molecular formula is C19H17N3O6S. The highest BCUT2D eigenvalue weighted by Gasteiger charge is 2.45. The summed E-state index contributed by atoms with van der Waals surface area (Å²) >= 11 is 0. The Morgan fingerprint density at radius 1 is 0.897 bits per heavy atom. The van der Waals surface area contributed by atoms with Gasteiger partial charge in [0.1, 0.15) is 6.54 Å². The lowest BCUT2D eigenvalue weighted by molar-refractivity contribution is -0.143. The lowest BCUT2D eigenvalue weighted by Crippen LogP contribution is -2.39. The number of carbonyl (C=O) groups excluding carboxylic acids is 4. The van der Waals surface area contributed by atoms with Gasteiger partial charge >= 0.3 is 17.8 Å². The molecule has 0 unspecified atom stereocenters. The fraction of sp³-hybridized carbons (Fsp3) is 0.158. The summed E-state index contributed by atoms with van der Waals surface area (Å²) in [4.78, 5) is 50.3. The molecule has 3 rings (SSSR count). The smallest absolute Gasteiger partial charge is 0.323 e. The van der Waals surface area contributed by atoms with Gasteiger partial charge in [0.05, 0.1) is 17.1 Å². The number of urea groups is 1. The van der Waals surface area contributed by atoms with Crippen molar-refractivity contribution in [1.29, 1.82) is 0 Å². The van der Waals surface area contributed by atoms with Crippen molar-refractivity contribution in [2.45, 2.75) is 11.4 Å². The Labute approximate surface area is 166 Å². The first-order valence-electron chi connectivity index (χ1n) is 8.48. The predicted octanol–water partition coefficient (Wildman–Crippen LogP) is 1.02. The molecule has 0 radical (unpaired) electrons. The van der Waals surface area contributed by atoms with Crippen molar-refractivity contribution in [1.82, 2.24) is 9.80 Å². The topological polar surface area (TPSA) is 121 Å². The number of anilines is 1. The second-order valence-electron chi connectivity index (χ2n) is 6.37. The number of imide groups is 2. The summed E-state index contributed by atoms with van der Waals surface area (Å²) in [5.74, 6) is -2.95. The first-order valence-corrected chi connectivity index (χ1v) is 10.4. The van der Waals surface area contributed by atoms with Crippen LogP contribution >= 0.6 is 0 Å². The van der Waals surface area contributed by atoms with Gasteiger partial charge in [-0.05, 0) is 17.7 Å². The minimum atomic E-state index is -3.60. The van der Waals surface area contributed by atoms with E-state index in [0.717, 1.165) is 11.2 Å². The third-order valence-electron chi connectivity index (χ3n) is 4.18. The summed E-state index contributed by atoms with van der Waals surface area (Å²) in [6.45, 7) is -0.813. The molecular weight excluding hydrogens is 398 g/mol. The normalized spacial score (nSPS) is 14.4. The average molecular weight is 415 g/mol. The Morgan fingerprint density at radius 2 is 1.48 bits per heavy atom. The molecule has 0 atom stereocenters. The van der Waals surface area contributed by atoms with Gasteiger partial charge in [0.25, 0.3) is 0 Å². The van der Waals surface area contributed by atoms with Crippen LogP contribution in [0.1, 0.15) is 5.56 Å². The van der Waals surface area contributed by atoms with E-state index in [1.54, 1.807) is 30.3 Å². The standard InChI is InChI=1S/C19H17N3O6S/c1-29(27,28)15-10-6-5-9-14(15)20-16(23)12-22-18(25)17(24)21(19(22)26)11-13-7-3-2-4-8-13/h2-10H,11-12H2,1H3,(H,20,23). The number of rotatable bonds is 6. The Morgan fingerprint density at radius 3 is 2.14 bits per heavy atom. The van der Waals surface area contributed by atoms with Crippen LogP contribution in [0.3, 0.4) is 0 Å². The van der Waals surface area contributed by atoms with Crippen LogP contribution in [0.25, 0.3) is 0 Å². The van der Waals surface area contributed by atoms with Gasteiger partial charge in [-0.15, -0.1) is 0 Å². The quantitative estimate of drug-likeness (QED) is 0.555. The Balaban J connectivity index is 1.73. The molecule has 1 fully saturated rings. The number of nitrogens with one attached hydrogen (secondary N) is 1. The van der Waals surface area contributed by atoms with Gasteiger partial charge in [-0.2, -0.15) is 0 Å². The van der Waals surface area contributed by atoms with Gasteiger partial charge in [0.15, 0.2) is 9.84 Å². The average Bonchev–Trinajstić information content (AvgIpc) is 2.86. The van der Waals surface area contributed by atoms with Crippen LogP contribution in [0.2, 0.25) is 0 Å².